The largest absolute Gasteiger partial charge is 0.508 e. The number of rotatable bonds is 1. The number of aromatic hydroxyl groups is 2. The van der Waals surface area contributed by atoms with Crippen LogP contribution in [-0.4, -0.2) is 16.0 Å². The molecule has 1 unspecified atom stereocenters. The third kappa shape index (κ3) is 1.88. The maximum atomic E-state index is 12.4. The lowest BCUT2D eigenvalue weighted by atomic mass is 9.98. The van der Waals surface area contributed by atoms with Gasteiger partial charge in [-0.05, 0) is 23.8 Å². The van der Waals surface area contributed by atoms with Crippen LogP contribution >= 0.6 is 0 Å². The molecule has 3 rings (SSSR count). The molecular weight excluding hydrogens is 252 g/mol. The van der Waals surface area contributed by atoms with Crippen LogP contribution in [0, 0.1) is 0 Å². The Labute approximate surface area is 116 Å². The normalized spacial score (nSPS) is 19.4. The van der Waals surface area contributed by atoms with Gasteiger partial charge in [-0.2, -0.15) is 0 Å². The van der Waals surface area contributed by atoms with Gasteiger partial charge in [-0.15, -0.1) is 0 Å². The molecule has 0 saturated carbocycles. The maximum absolute atomic E-state index is 12.4. The Balaban J connectivity index is 2.08. The van der Waals surface area contributed by atoms with Gasteiger partial charge in [0.15, 0.2) is 5.78 Å². The Hall–Kier alpha value is -2.55. The molecule has 3 nitrogen and oxygen atoms in total. The number of phenolic OH excluding ortho intramolecular Hbond substituents is 2. The van der Waals surface area contributed by atoms with Crippen LogP contribution in [0.1, 0.15) is 34.3 Å². The third-order valence-corrected chi connectivity index (χ3v) is 3.73. The number of ketones is 1. The number of Topliss-reactive ketones (excluding diaryl/α,β-unsaturated/α-hetero) is 1. The molecule has 0 aromatic heterocycles. The Morgan fingerprint density at radius 2 is 1.85 bits per heavy atom. The fraction of sp³-hybridized carbons (Fsp3) is 0.118. The molecule has 2 N–H and O–H groups in total. The van der Waals surface area contributed by atoms with Gasteiger partial charge in [0, 0.05) is 28.7 Å². The van der Waals surface area contributed by atoms with Crippen molar-refractivity contribution in [3.05, 3.63) is 64.7 Å². The van der Waals surface area contributed by atoms with E-state index < -0.39 is 0 Å². The van der Waals surface area contributed by atoms with Gasteiger partial charge in [0.25, 0.3) is 0 Å². The predicted molar refractivity (Wildman–Crippen MR) is 76.9 cm³/mol. The Morgan fingerprint density at radius 3 is 2.55 bits per heavy atom. The van der Waals surface area contributed by atoms with E-state index in [9.17, 15) is 15.0 Å². The lowest BCUT2D eigenvalue weighted by Gasteiger charge is -2.06. The summed E-state index contributed by atoms with van der Waals surface area (Å²) in [5.41, 5.74) is 2.93. The highest BCUT2D eigenvalue weighted by atomic mass is 16.3. The highest BCUT2D eigenvalue weighted by molar-refractivity contribution is 6.16. The highest BCUT2D eigenvalue weighted by Crippen LogP contribution is 2.39. The summed E-state index contributed by atoms with van der Waals surface area (Å²) in [4.78, 5) is 12.4. The van der Waals surface area contributed by atoms with Gasteiger partial charge < -0.3 is 10.2 Å². The quantitative estimate of drug-likeness (QED) is 0.777. The number of allylic oxidation sites excluding steroid dienone is 1. The monoisotopic (exact) mass is 266 g/mol. The molecule has 20 heavy (non-hydrogen) atoms. The van der Waals surface area contributed by atoms with Gasteiger partial charge in [-0.25, -0.2) is 0 Å². The molecule has 0 radical (unpaired) electrons. The molecule has 0 aliphatic heterocycles. The van der Waals surface area contributed by atoms with E-state index in [1.807, 2.05) is 31.2 Å². The minimum absolute atomic E-state index is 0.000532. The summed E-state index contributed by atoms with van der Waals surface area (Å²) in [6.45, 7) is 1.98. The predicted octanol–water partition coefficient (Wildman–Crippen LogP) is 3.48. The summed E-state index contributed by atoms with van der Waals surface area (Å²) < 4.78 is 0. The van der Waals surface area contributed by atoms with Crippen LogP contribution in [0.4, 0.5) is 0 Å². The molecule has 0 fully saturated rings. The molecule has 1 aliphatic rings. The van der Waals surface area contributed by atoms with Gasteiger partial charge in [0.1, 0.15) is 11.5 Å². The third-order valence-electron chi connectivity index (χ3n) is 3.73. The summed E-state index contributed by atoms with van der Waals surface area (Å²) in [7, 11) is 0. The molecule has 2 aromatic carbocycles. The summed E-state index contributed by atoms with van der Waals surface area (Å²) in [5, 5.41) is 19.1. The number of benzene rings is 2. The first-order chi connectivity index (χ1) is 9.58. The standard InChI is InChI=1S/C17H14O3/c1-10-13-4-2-3-5-14(13)17(20)15(10)8-11-6-7-12(18)9-16(11)19/h2-10,18-19H,1H3/b15-8+. The van der Waals surface area contributed by atoms with E-state index in [2.05, 4.69) is 0 Å². The fourth-order valence-corrected chi connectivity index (χ4v) is 2.61. The molecule has 0 spiro atoms. The molecular formula is C17H14O3. The first-order valence-corrected chi connectivity index (χ1v) is 6.45. The van der Waals surface area contributed by atoms with Crippen LogP contribution < -0.4 is 0 Å². The zero-order chi connectivity index (χ0) is 14.3. The van der Waals surface area contributed by atoms with Crippen LogP contribution in [-0.2, 0) is 0 Å². The van der Waals surface area contributed by atoms with Crippen LogP contribution in [0.15, 0.2) is 48.0 Å². The van der Waals surface area contributed by atoms with Crippen molar-refractivity contribution < 1.29 is 15.0 Å². The lowest BCUT2D eigenvalue weighted by Crippen LogP contribution is -1.97. The summed E-state index contributed by atoms with van der Waals surface area (Å²) in [6.07, 6.45) is 1.70. The average Bonchev–Trinajstić information content (AvgIpc) is 2.67. The van der Waals surface area contributed by atoms with Crippen molar-refractivity contribution in [2.24, 2.45) is 0 Å². The van der Waals surface area contributed by atoms with Crippen molar-refractivity contribution in [1.29, 1.82) is 0 Å². The number of carbonyl (C=O) groups is 1. The van der Waals surface area contributed by atoms with Crippen molar-refractivity contribution in [2.75, 3.05) is 0 Å². The Bertz CT molecular complexity index is 729. The molecule has 0 saturated heterocycles. The molecule has 0 amide bonds. The lowest BCUT2D eigenvalue weighted by molar-refractivity contribution is 0.103. The second-order valence-electron chi connectivity index (χ2n) is 4.98. The molecule has 0 heterocycles. The molecule has 0 bridgehead atoms. The summed E-state index contributed by atoms with van der Waals surface area (Å²) >= 11 is 0. The Morgan fingerprint density at radius 1 is 1.10 bits per heavy atom. The smallest absolute Gasteiger partial charge is 0.189 e. The fourth-order valence-electron chi connectivity index (χ4n) is 2.61. The maximum Gasteiger partial charge on any atom is 0.189 e. The second-order valence-corrected chi connectivity index (χ2v) is 4.98. The minimum Gasteiger partial charge on any atom is -0.508 e. The van der Waals surface area contributed by atoms with E-state index in [1.54, 1.807) is 12.1 Å². The van der Waals surface area contributed by atoms with E-state index in [-0.39, 0.29) is 23.2 Å². The first kappa shape index (κ1) is 12.5. The van der Waals surface area contributed by atoms with Crippen molar-refractivity contribution >= 4 is 11.9 Å². The molecule has 1 atom stereocenters. The number of phenols is 2. The molecule has 1 aliphatic carbocycles. The average molecular weight is 266 g/mol. The second kappa shape index (κ2) is 4.53. The van der Waals surface area contributed by atoms with Crippen molar-refractivity contribution in [1.82, 2.24) is 0 Å². The SMILES string of the molecule is CC1/C(=C\c2ccc(O)cc2O)C(=O)c2ccccc21. The molecule has 100 valence electrons. The van der Waals surface area contributed by atoms with Gasteiger partial charge in [0.05, 0.1) is 0 Å². The highest BCUT2D eigenvalue weighted by Gasteiger charge is 2.31. The van der Waals surface area contributed by atoms with Gasteiger partial charge in [-0.1, -0.05) is 31.2 Å². The van der Waals surface area contributed by atoms with Crippen LogP contribution in [0.5, 0.6) is 11.5 Å². The number of fused-ring (bicyclic) bond motifs is 1. The molecule has 3 heteroatoms. The van der Waals surface area contributed by atoms with Crippen LogP contribution in [0.25, 0.3) is 6.08 Å². The zero-order valence-electron chi connectivity index (χ0n) is 11.0. The summed E-state index contributed by atoms with van der Waals surface area (Å²) in [6, 6.07) is 11.9. The van der Waals surface area contributed by atoms with Crippen molar-refractivity contribution in [3.8, 4) is 11.5 Å². The number of hydrogen-bond donors (Lipinski definition) is 2. The zero-order valence-corrected chi connectivity index (χ0v) is 11.0. The van der Waals surface area contributed by atoms with Gasteiger partial charge in [-0.3, -0.25) is 4.79 Å². The van der Waals surface area contributed by atoms with E-state index in [0.717, 1.165) is 11.1 Å². The van der Waals surface area contributed by atoms with Crippen molar-refractivity contribution in [2.45, 2.75) is 12.8 Å². The van der Waals surface area contributed by atoms with E-state index in [4.69, 9.17) is 0 Å². The Kier molecular flexibility index (Phi) is 2.83. The molecule has 2 aromatic rings. The van der Waals surface area contributed by atoms with Gasteiger partial charge in [0.2, 0.25) is 0 Å². The van der Waals surface area contributed by atoms with E-state index in [0.29, 0.717) is 11.1 Å². The minimum atomic E-state index is -0.0338. The topological polar surface area (TPSA) is 57.5 Å². The first-order valence-electron chi connectivity index (χ1n) is 6.45. The van der Waals surface area contributed by atoms with E-state index in [1.165, 1.54) is 12.1 Å². The number of carbonyl (C=O) groups excluding carboxylic acids is 1. The van der Waals surface area contributed by atoms with Crippen LogP contribution in [0.2, 0.25) is 0 Å². The van der Waals surface area contributed by atoms with Crippen molar-refractivity contribution in [3.63, 3.8) is 0 Å². The van der Waals surface area contributed by atoms with Crippen LogP contribution in [0.3, 0.4) is 0 Å². The number of hydrogen-bond acceptors (Lipinski definition) is 3. The van der Waals surface area contributed by atoms with E-state index >= 15 is 0 Å². The van der Waals surface area contributed by atoms with Gasteiger partial charge >= 0.3 is 0 Å². The summed E-state index contributed by atoms with van der Waals surface area (Å²) in [5.74, 6) is -0.0281.